The molecule has 4 aromatic rings. The van der Waals surface area contributed by atoms with Gasteiger partial charge in [-0.05, 0) is 30.3 Å². The first-order chi connectivity index (χ1) is 23.2. The average Bonchev–Trinajstić information content (AvgIpc) is 3.73. The number of carbonyl (C=O) groups excluding carboxylic acids is 3. The molecule has 0 atom stereocenters. The molecule has 1 aromatic carbocycles. The highest BCUT2D eigenvalue weighted by atomic mass is 35.5. The van der Waals surface area contributed by atoms with Gasteiger partial charge in [-0.1, -0.05) is 11.6 Å². The Hall–Kier alpha value is -4.96. The number of H-pyrrole nitrogens is 1. The number of hydrogen-bond acceptors (Lipinski definition) is 7. The summed E-state index contributed by atoms with van der Waals surface area (Å²) < 4.78 is 43.5. The van der Waals surface area contributed by atoms with E-state index in [1.165, 1.54) is 36.5 Å². The number of carbonyl (C=O) groups is 3. The molecule has 3 amide bonds. The third kappa shape index (κ3) is 7.39. The molecule has 0 aliphatic carbocycles. The Kier molecular flexibility index (Phi) is 9.11. The lowest BCUT2D eigenvalue weighted by Gasteiger charge is -2.40. The molecular formula is C32H35ClF3N10O3+. The van der Waals surface area contributed by atoms with E-state index in [2.05, 4.69) is 39.5 Å². The van der Waals surface area contributed by atoms with Crippen LogP contribution in [-0.4, -0.2) is 110 Å². The number of piperazine rings is 1. The van der Waals surface area contributed by atoms with Crippen molar-refractivity contribution in [3.63, 3.8) is 0 Å². The van der Waals surface area contributed by atoms with Gasteiger partial charge in [-0.25, -0.2) is 14.6 Å². The van der Waals surface area contributed by atoms with E-state index in [1.54, 1.807) is 4.90 Å². The van der Waals surface area contributed by atoms with Gasteiger partial charge in [0, 0.05) is 56.8 Å². The number of alkyl halides is 3. The quantitative estimate of drug-likeness (QED) is 0.258. The second kappa shape index (κ2) is 13.2. The molecule has 4 N–H and O–H groups in total. The number of benzene rings is 1. The normalized spacial score (nSPS) is 16.9. The average molecular weight is 700 g/mol. The zero-order valence-electron chi connectivity index (χ0n) is 26.8. The molecule has 2 fully saturated rings. The summed E-state index contributed by atoms with van der Waals surface area (Å²) in [5.74, 6) is -1.02. The van der Waals surface area contributed by atoms with Gasteiger partial charge >= 0.3 is 6.18 Å². The largest absolute Gasteiger partial charge is 0.435 e. The van der Waals surface area contributed by atoms with E-state index < -0.39 is 17.8 Å². The number of aromatic nitrogens is 5. The van der Waals surface area contributed by atoms with Gasteiger partial charge in [0.1, 0.15) is 0 Å². The van der Waals surface area contributed by atoms with Crippen molar-refractivity contribution < 1.29 is 32.0 Å². The van der Waals surface area contributed by atoms with Crippen LogP contribution >= 0.6 is 11.6 Å². The number of nitrogens with zero attached hydrogens (tertiary/aromatic N) is 7. The second-order valence-corrected chi connectivity index (χ2v) is 13.3. The summed E-state index contributed by atoms with van der Waals surface area (Å²) in [5.41, 5.74) is 4.80. The van der Waals surface area contributed by atoms with Crippen molar-refractivity contribution in [3.05, 3.63) is 71.0 Å². The number of imidazole rings is 1. The summed E-state index contributed by atoms with van der Waals surface area (Å²) in [6.45, 7) is 3.57. The molecule has 2 aliphatic rings. The zero-order valence-corrected chi connectivity index (χ0v) is 27.6. The molecule has 258 valence electrons. The Morgan fingerprint density at radius 1 is 1.00 bits per heavy atom. The monoisotopic (exact) mass is 699 g/mol. The summed E-state index contributed by atoms with van der Waals surface area (Å²) in [6.07, 6.45) is 0.422. The van der Waals surface area contributed by atoms with Crippen molar-refractivity contribution in [3.8, 4) is 17.1 Å². The van der Waals surface area contributed by atoms with Crippen LogP contribution in [0.5, 0.6) is 0 Å². The van der Waals surface area contributed by atoms with Crippen LogP contribution in [0, 0.1) is 5.92 Å². The standard InChI is InChI=1S/C32H34ClF3N10O3/c1-46(2)13-7-19(8-14-46)30(48)43-9-11-44(12-10-43)31(49)22-5-4-21(15-24(22)33)40-29(47)28-39-17-25(41-28)23-18-45(42-27(23)32(34,35)36)26-6-3-20(37)16-38-26/h3-6,15-19H,7-14,37H2,1-2H3,(H-,39,40,41,47,49)/p+1. The van der Waals surface area contributed by atoms with Gasteiger partial charge in [0.05, 0.1) is 67.1 Å². The maximum absolute atomic E-state index is 13.9. The minimum Gasteiger partial charge on any atom is -0.397 e. The van der Waals surface area contributed by atoms with Gasteiger partial charge in [0.25, 0.3) is 11.8 Å². The molecule has 0 unspecified atom stereocenters. The minimum atomic E-state index is -4.81. The van der Waals surface area contributed by atoms with Gasteiger partial charge < -0.3 is 30.3 Å². The number of hydrogen-bond donors (Lipinski definition) is 3. The van der Waals surface area contributed by atoms with Crippen LogP contribution in [0.2, 0.25) is 5.02 Å². The number of amides is 3. The first kappa shape index (κ1) is 33.9. The summed E-state index contributed by atoms with van der Waals surface area (Å²) in [7, 11) is 4.34. The zero-order chi connectivity index (χ0) is 35.1. The van der Waals surface area contributed by atoms with Crippen LogP contribution in [0.1, 0.15) is 39.5 Å². The number of aromatic amines is 1. The molecule has 2 aliphatic heterocycles. The van der Waals surface area contributed by atoms with Crippen molar-refractivity contribution >= 4 is 40.7 Å². The highest BCUT2D eigenvalue weighted by Crippen LogP contribution is 2.36. The highest BCUT2D eigenvalue weighted by Gasteiger charge is 2.39. The number of nitrogens with one attached hydrogen (secondary N) is 2. The van der Waals surface area contributed by atoms with Crippen molar-refractivity contribution in [2.45, 2.75) is 19.0 Å². The van der Waals surface area contributed by atoms with E-state index >= 15 is 0 Å². The number of nitrogen functional groups attached to an aromatic ring is 1. The maximum Gasteiger partial charge on any atom is 0.435 e. The molecule has 0 spiro atoms. The molecule has 6 rings (SSSR count). The lowest BCUT2D eigenvalue weighted by atomic mass is 9.94. The Balaban J connectivity index is 1.09. The van der Waals surface area contributed by atoms with Crippen molar-refractivity contribution in [1.82, 2.24) is 34.5 Å². The van der Waals surface area contributed by atoms with Crippen molar-refractivity contribution in [2.75, 3.05) is 64.4 Å². The van der Waals surface area contributed by atoms with Gasteiger partial charge in [0.2, 0.25) is 5.91 Å². The number of quaternary nitrogens is 1. The molecule has 17 heteroatoms. The summed E-state index contributed by atoms with van der Waals surface area (Å²) >= 11 is 6.47. The lowest BCUT2D eigenvalue weighted by molar-refractivity contribution is -0.895. The van der Waals surface area contributed by atoms with Crippen LogP contribution in [0.4, 0.5) is 24.5 Å². The third-order valence-electron chi connectivity index (χ3n) is 8.92. The minimum absolute atomic E-state index is 0.0209. The van der Waals surface area contributed by atoms with E-state index in [4.69, 9.17) is 17.3 Å². The van der Waals surface area contributed by atoms with E-state index in [-0.39, 0.29) is 56.9 Å². The summed E-state index contributed by atoms with van der Waals surface area (Å²) in [4.78, 5) is 53.5. The Bertz CT molecular complexity index is 1870. The molecule has 0 radical (unpaired) electrons. The predicted molar refractivity (Wildman–Crippen MR) is 175 cm³/mol. The fourth-order valence-electron chi connectivity index (χ4n) is 6.03. The Labute approximate surface area is 284 Å². The maximum atomic E-state index is 13.9. The van der Waals surface area contributed by atoms with Gasteiger partial charge in [-0.2, -0.15) is 18.3 Å². The molecule has 2 saturated heterocycles. The number of rotatable bonds is 6. The van der Waals surface area contributed by atoms with Gasteiger partial charge in [-0.15, -0.1) is 0 Å². The Morgan fingerprint density at radius 3 is 2.33 bits per heavy atom. The topological polar surface area (TPSA) is 155 Å². The summed E-state index contributed by atoms with van der Waals surface area (Å²) in [5, 5.41) is 6.35. The fraction of sp³-hybridized carbons (Fsp3) is 0.375. The first-order valence-corrected chi connectivity index (χ1v) is 16.0. The van der Waals surface area contributed by atoms with Crippen molar-refractivity contribution in [2.24, 2.45) is 5.92 Å². The van der Waals surface area contributed by atoms with Crippen LogP contribution in [0.15, 0.2) is 48.9 Å². The lowest BCUT2D eigenvalue weighted by Crippen LogP contribution is -2.54. The number of nitrogens with two attached hydrogens (primary N) is 1. The number of likely N-dealkylation sites (tertiary alicyclic amines) is 1. The molecular weight excluding hydrogens is 665 g/mol. The second-order valence-electron chi connectivity index (χ2n) is 12.9. The van der Waals surface area contributed by atoms with Crippen LogP contribution in [0.25, 0.3) is 17.1 Å². The van der Waals surface area contributed by atoms with Crippen LogP contribution in [-0.2, 0) is 11.0 Å². The van der Waals surface area contributed by atoms with E-state index in [9.17, 15) is 27.6 Å². The number of halogens is 4. The number of pyridine rings is 1. The smallest absolute Gasteiger partial charge is 0.397 e. The van der Waals surface area contributed by atoms with Crippen molar-refractivity contribution in [1.29, 1.82) is 0 Å². The molecule has 49 heavy (non-hydrogen) atoms. The van der Waals surface area contributed by atoms with E-state index in [0.29, 0.717) is 31.9 Å². The fourth-order valence-corrected chi connectivity index (χ4v) is 6.29. The van der Waals surface area contributed by atoms with Gasteiger partial charge in [0.15, 0.2) is 17.3 Å². The van der Waals surface area contributed by atoms with Crippen LogP contribution in [0.3, 0.4) is 0 Å². The SMILES string of the molecule is C[N+]1(C)CCC(C(=O)N2CCN(C(=O)c3ccc(NC(=O)c4ncc(-c5cn(-c6ccc(N)cn6)nc5C(F)(F)F)[nH]4)cc3Cl)CC2)CC1. The first-order valence-electron chi connectivity index (χ1n) is 15.6. The highest BCUT2D eigenvalue weighted by molar-refractivity contribution is 6.34. The third-order valence-corrected chi connectivity index (χ3v) is 9.23. The van der Waals surface area contributed by atoms with E-state index in [1.807, 2.05) is 4.90 Å². The molecule has 5 heterocycles. The Morgan fingerprint density at radius 2 is 1.69 bits per heavy atom. The summed E-state index contributed by atoms with van der Waals surface area (Å²) in [6, 6.07) is 7.29. The number of anilines is 2. The molecule has 0 saturated carbocycles. The molecule has 13 nitrogen and oxygen atoms in total. The van der Waals surface area contributed by atoms with E-state index in [0.717, 1.165) is 47.5 Å². The predicted octanol–water partition coefficient (Wildman–Crippen LogP) is 3.93. The molecule has 3 aromatic heterocycles. The molecule has 0 bridgehead atoms. The van der Waals surface area contributed by atoms with Crippen LogP contribution < -0.4 is 11.1 Å². The number of piperidine rings is 1. The van der Waals surface area contributed by atoms with Gasteiger partial charge in [-0.3, -0.25) is 14.4 Å².